The molecule has 0 aromatic rings. The molecule has 0 amide bonds. The zero-order chi connectivity index (χ0) is 14.3. The topological polar surface area (TPSA) is 116 Å². The number of hydrogen-bond acceptors (Lipinski definition) is 5. The van der Waals surface area contributed by atoms with Crippen LogP contribution >= 0.6 is 0 Å². The second-order valence-corrected chi connectivity index (χ2v) is 5.52. The Morgan fingerprint density at radius 1 is 1.37 bits per heavy atom. The third-order valence-electron chi connectivity index (χ3n) is 3.86. The number of aliphatic carboxylic acids is 1. The predicted octanol–water partition coefficient (Wildman–Crippen LogP) is -0.0562. The molecule has 6 nitrogen and oxygen atoms in total. The highest BCUT2D eigenvalue weighted by Gasteiger charge is 2.34. The van der Waals surface area contributed by atoms with Gasteiger partial charge >= 0.3 is 13.1 Å². The average Bonchev–Trinajstić information content (AvgIpc) is 2.85. The van der Waals surface area contributed by atoms with Crippen LogP contribution < -0.4 is 11.1 Å². The zero-order valence-corrected chi connectivity index (χ0v) is 11.3. The summed E-state index contributed by atoms with van der Waals surface area (Å²) in [6.07, 6.45) is 5.29. The lowest BCUT2D eigenvalue weighted by Crippen LogP contribution is -2.48. The van der Waals surface area contributed by atoms with Gasteiger partial charge in [0.05, 0.1) is 0 Å². The molecule has 7 heteroatoms. The molecule has 0 bridgehead atoms. The van der Waals surface area contributed by atoms with E-state index in [-0.39, 0.29) is 6.32 Å². The minimum atomic E-state index is -1.32. The van der Waals surface area contributed by atoms with Crippen molar-refractivity contribution in [2.45, 2.75) is 62.8 Å². The molecule has 0 aromatic heterocycles. The van der Waals surface area contributed by atoms with Gasteiger partial charge in [0.1, 0.15) is 5.54 Å². The van der Waals surface area contributed by atoms with Crippen LogP contribution in [0.1, 0.15) is 44.9 Å². The van der Waals surface area contributed by atoms with Gasteiger partial charge in [0, 0.05) is 6.04 Å². The first-order chi connectivity index (χ1) is 8.94. The molecule has 19 heavy (non-hydrogen) atoms. The van der Waals surface area contributed by atoms with Crippen LogP contribution in [0.25, 0.3) is 0 Å². The summed E-state index contributed by atoms with van der Waals surface area (Å²) in [6.45, 7) is 1.00. The molecule has 1 aliphatic heterocycles. The van der Waals surface area contributed by atoms with Crippen LogP contribution in [0.2, 0.25) is 6.32 Å². The third kappa shape index (κ3) is 5.90. The molecule has 0 aromatic carbocycles. The Morgan fingerprint density at radius 2 is 2.11 bits per heavy atom. The second kappa shape index (κ2) is 7.84. The fourth-order valence-corrected chi connectivity index (χ4v) is 2.54. The van der Waals surface area contributed by atoms with Crippen molar-refractivity contribution in [3.63, 3.8) is 0 Å². The molecular formula is C12H25BN2O4. The van der Waals surface area contributed by atoms with Crippen molar-refractivity contribution >= 4 is 13.1 Å². The Morgan fingerprint density at radius 3 is 2.63 bits per heavy atom. The van der Waals surface area contributed by atoms with E-state index in [9.17, 15) is 9.90 Å². The summed E-state index contributed by atoms with van der Waals surface area (Å²) in [5.74, 6) is -0.963. The van der Waals surface area contributed by atoms with E-state index in [0.29, 0.717) is 31.7 Å². The van der Waals surface area contributed by atoms with Gasteiger partial charge in [-0.2, -0.15) is 0 Å². The number of unbranched alkanes of at least 4 members (excludes halogenated alkanes) is 1. The van der Waals surface area contributed by atoms with Gasteiger partial charge in [0.25, 0.3) is 0 Å². The lowest BCUT2D eigenvalue weighted by atomic mass is 9.81. The summed E-state index contributed by atoms with van der Waals surface area (Å²) in [5.41, 5.74) is 4.79. The maximum atomic E-state index is 11.3. The summed E-state index contributed by atoms with van der Waals surface area (Å²) in [6, 6.07) is 0.390. The Labute approximate surface area is 114 Å². The number of hydrogen-bond donors (Lipinski definition) is 5. The van der Waals surface area contributed by atoms with Crippen LogP contribution in [0.3, 0.4) is 0 Å². The molecule has 1 rings (SSSR count). The smallest absolute Gasteiger partial charge is 0.451 e. The van der Waals surface area contributed by atoms with Crippen molar-refractivity contribution < 1.29 is 19.9 Å². The molecule has 2 atom stereocenters. The number of carboxylic acid groups (broad SMARTS) is 1. The third-order valence-corrected chi connectivity index (χ3v) is 3.86. The standard InChI is InChI=1S/C12H25BN2O4/c14-12(11(16)17,6-1-2-8-13(18)19)7-5-10-4-3-9-15-10/h10,15,18-19H,1-9,14H2,(H,16,17)/t10-,12?/m0/s1. The fraction of sp³-hybridized carbons (Fsp3) is 0.917. The summed E-state index contributed by atoms with van der Waals surface area (Å²) < 4.78 is 0. The van der Waals surface area contributed by atoms with Crippen molar-refractivity contribution in [1.82, 2.24) is 5.32 Å². The Hall–Kier alpha value is -0.625. The van der Waals surface area contributed by atoms with Gasteiger partial charge in [0.15, 0.2) is 0 Å². The lowest BCUT2D eigenvalue weighted by Gasteiger charge is -2.26. The molecule has 0 aliphatic carbocycles. The first-order valence-corrected chi connectivity index (χ1v) is 7.06. The van der Waals surface area contributed by atoms with E-state index in [4.69, 9.17) is 15.8 Å². The monoisotopic (exact) mass is 272 g/mol. The van der Waals surface area contributed by atoms with Crippen LogP contribution in [0.5, 0.6) is 0 Å². The van der Waals surface area contributed by atoms with E-state index in [2.05, 4.69) is 5.32 Å². The fourth-order valence-electron chi connectivity index (χ4n) is 2.54. The van der Waals surface area contributed by atoms with Crippen molar-refractivity contribution in [3.05, 3.63) is 0 Å². The van der Waals surface area contributed by atoms with Crippen LogP contribution in [0.15, 0.2) is 0 Å². The summed E-state index contributed by atoms with van der Waals surface area (Å²) in [5, 5.41) is 30.1. The highest BCUT2D eigenvalue weighted by molar-refractivity contribution is 6.40. The Kier molecular flexibility index (Phi) is 6.78. The molecule has 110 valence electrons. The molecule has 1 fully saturated rings. The zero-order valence-electron chi connectivity index (χ0n) is 11.3. The van der Waals surface area contributed by atoms with Crippen LogP contribution in [-0.2, 0) is 4.79 Å². The van der Waals surface area contributed by atoms with Gasteiger partial charge < -0.3 is 26.2 Å². The van der Waals surface area contributed by atoms with Crippen molar-refractivity contribution in [2.75, 3.05) is 6.54 Å². The molecule has 1 saturated heterocycles. The van der Waals surface area contributed by atoms with E-state index >= 15 is 0 Å². The largest absolute Gasteiger partial charge is 0.480 e. The Balaban J connectivity index is 2.32. The van der Waals surface area contributed by atoms with Gasteiger partial charge in [-0.1, -0.05) is 12.8 Å². The first kappa shape index (κ1) is 16.4. The molecule has 6 N–H and O–H groups in total. The molecule has 1 heterocycles. The van der Waals surface area contributed by atoms with E-state index in [1.165, 1.54) is 0 Å². The predicted molar refractivity (Wildman–Crippen MR) is 73.7 cm³/mol. The normalized spacial score (nSPS) is 22.2. The molecular weight excluding hydrogens is 247 g/mol. The Bertz CT molecular complexity index is 285. The quantitative estimate of drug-likeness (QED) is 0.297. The minimum absolute atomic E-state index is 0.264. The maximum Gasteiger partial charge on any atom is 0.451 e. The van der Waals surface area contributed by atoms with Crippen molar-refractivity contribution in [1.29, 1.82) is 0 Å². The van der Waals surface area contributed by atoms with Gasteiger partial charge in [-0.25, -0.2) is 0 Å². The molecule has 0 radical (unpaired) electrons. The van der Waals surface area contributed by atoms with E-state index < -0.39 is 18.6 Å². The van der Waals surface area contributed by atoms with Gasteiger partial charge in [-0.05, 0) is 45.0 Å². The average molecular weight is 272 g/mol. The number of nitrogens with two attached hydrogens (primary N) is 1. The molecule has 1 unspecified atom stereocenters. The highest BCUT2D eigenvalue weighted by atomic mass is 16.4. The second-order valence-electron chi connectivity index (χ2n) is 5.52. The van der Waals surface area contributed by atoms with E-state index in [1.54, 1.807) is 0 Å². The number of carbonyl (C=O) groups is 1. The molecule has 1 aliphatic rings. The van der Waals surface area contributed by atoms with E-state index in [1.807, 2.05) is 0 Å². The van der Waals surface area contributed by atoms with E-state index in [0.717, 1.165) is 25.8 Å². The van der Waals surface area contributed by atoms with Crippen LogP contribution in [0, 0.1) is 0 Å². The summed E-state index contributed by atoms with van der Waals surface area (Å²) >= 11 is 0. The maximum absolute atomic E-state index is 11.3. The lowest BCUT2D eigenvalue weighted by molar-refractivity contribution is -0.144. The number of rotatable bonds is 9. The molecule has 0 saturated carbocycles. The van der Waals surface area contributed by atoms with Crippen molar-refractivity contribution in [2.24, 2.45) is 5.73 Å². The minimum Gasteiger partial charge on any atom is -0.480 e. The highest BCUT2D eigenvalue weighted by Crippen LogP contribution is 2.22. The summed E-state index contributed by atoms with van der Waals surface area (Å²) in [7, 11) is -1.32. The van der Waals surface area contributed by atoms with Crippen molar-refractivity contribution in [3.8, 4) is 0 Å². The van der Waals surface area contributed by atoms with Gasteiger partial charge in [0.2, 0.25) is 0 Å². The first-order valence-electron chi connectivity index (χ1n) is 7.06. The van der Waals surface area contributed by atoms with Crippen LogP contribution in [-0.4, -0.2) is 46.4 Å². The SMILES string of the molecule is NC(CCCCB(O)O)(CC[C@@H]1CCCN1)C(=O)O. The molecule has 0 spiro atoms. The van der Waals surface area contributed by atoms with Gasteiger partial charge in [-0.3, -0.25) is 4.79 Å². The summed E-state index contributed by atoms with van der Waals surface area (Å²) in [4.78, 5) is 11.3. The van der Waals surface area contributed by atoms with Crippen LogP contribution in [0.4, 0.5) is 0 Å². The van der Waals surface area contributed by atoms with Gasteiger partial charge in [-0.15, -0.1) is 0 Å². The number of nitrogens with one attached hydrogen (secondary N) is 1. The number of carboxylic acids is 1.